The second-order valence-electron chi connectivity index (χ2n) is 5.91. The monoisotopic (exact) mass is 307 g/mol. The number of carbonyl (C=O) groups is 1. The van der Waals surface area contributed by atoms with Crippen molar-refractivity contribution >= 4 is 5.91 Å². The zero-order valence-corrected chi connectivity index (χ0v) is 12.6. The molecule has 2 aliphatic heterocycles. The van der Waals surface area contributed by atoms with E-state index < -0.39 is 6.04 Å². The largest absolute Gasteiger partial charge is 0.379 e. The normalized spacial score (nSPS) is 24.5. The van der Waals surface area contributed by atoms with Crippen LogP contribution in [0.2, 0.25) is 0 Å². The molecule has 1 unspecified atom stereocenters. The van der Waals surface area contributed by atoms with E-state index in [9.17, 15) is 9.18 Å². The van der Waals surface area contributed by atoms with Crippen molar-refractivity contribution in [2.75, 3.05) is 39.4 Å². The molecular weight excluding hydrogens is 285 g/mol. The van der Waals surface area contributed by atoms with Gasteiger partial charge in [0.1, 0.15) is 11.9 Å². The third kappa shape index (κ3) is 3.14. The maximum absolute atomic E-state index is 14.3. The highest BCUT2D eigenvalue weighted by Gasteiger charge is 2.36. The van der Waals surface area contributed by atoms with Crippen LogP contribution in [0, 0.1) is 5.82 Å². The van der Waals surface area contributed by atoms with E-state index in [1.807, 2.05) is 4.90 Å². The maximum atomic E-state index is 14.3. The average molecular weight is 307 g/mol. The number of nitrogens with two attached hydrogens (primary N) is 1. The zero-order chi connectivity index (χ0) is 15.5. The Bertz CT molecular complexity index is 534. The minimum Gasteiger partial charge on any atom is -0.379 e. The zero-order valence-electron chi connectivity index (χ0n) is 12.6. The van der Waals surface area contributed by atoms with Crippen LogP contribution in [0.4, 0.5) is 4.39 Å². The molecule has 1 aromatic carbocycles. The predicted molar refractivity (Wildman–Crippen MR) is 80.7 cm³/mol. The number of likely N-dealkylation sites (tertiary alicyclic amines) is 1. The lowest BCUT2D eigenvalue weighted by Crippen LogP contribution is -2.47. The van der Waals surface area contributed by atoms with Crippen molar-refractivity contribution in [1.29, 1.82) is 0 Å². The summed E-state index contributed by atoms with van der Waals surface area (Å²) in [4.78, 5) is 16.7. The molecule has 6 heteroatoms. The molecule has 22 heavy (non-hydrogen) atoms. The van der Waals surface area contributed by atoms with Crippen molar-refractivity contribution in [2.24, 2.45) is 5.73 Å². The van der Waals surface area contributed by atoms with Crippen molar-refractivity contribution in [3.63, 3.8) is 0 Å². The first-order valence-corrected chi connectivity index (χ1v) is 7.77. The molecule has 2 aliphatic rings. The average Bonchev–Trinajstić information content (AvgIpc) is 2.97. The second-order valence-corrected chi connectivity index (χ2v) is 5.91. The first-order chi connectivity index (χ1) is 10.7. The van der Waals surface area contributed by atoms with Gasteiger partial charge in [-0.2, -0.15) is 0 Å². The Morgan fingerprint density at radius 2 is 2.00 bits per heavy atom. The number of hydrogen-bond acceptors (Lipinski definition) is 4. The lowest BCUT2D eigenvalue weighted by molar-refractivity contribution is -0.138. The Morgan fingerprint density at radius 3 is 2.64 bits per heavy atom. The fraction of sp³-hybridized carbons (Fsp3) is 0.562. The smallest absolute Gasteiger partial charge is 0.244 e. The SMILES string of the molecule is N[C@@H]1CCN(C(=O)C(c2ccccc2F)N2CCOCC2)C1. The van der Waals surface area contributed by atoms with Gasteiger partial charge in [0.05, 0.1) is 13.2 Å². The standard InChI is InChI=1S/C16H22FN3O2/c17-14-4-2-1-3-13(14)15(19-7-9-22-10-8-19)16(21)20-6-5-12(18)11-20/h1-4,12,15H,5-11,18H2/t12-,15?/m1/s1. The van der Waals surface area contributed by atoms with Crippen LogP contribution in [-0.2, 0) is 9.53 Å². The van der Waals surface area contributed by atoms with Gasteiger partial charge in [0.2, 0.25) is 5.91 Å². The number of halogens is 1. The van der Waals surface area contributed by atoms with Crippen molar-refractivity contribution in [1.82, 2.24) is 9.80 Å². The number of carbonyl (C=O) groups excluding carboxylic acids is 1. The van der Waals surface area contributed by atoms with Crippen molar-refractivity contribution < 1.29 is 13.9 Å². The lowest BCUT2D eigenvalue weighted by atomic mass is 10.0. The number of morpholine rings is 1. The summed E-state index contributed by atoms with van der Waals surface area (Å²) >= 11 is 0. The molecule has 3 rings (SSSR count). The predicted octanol–water partition coefficient (Wildman–Crippen LogP) is 0.759. The Morgan fingerprint density at radius 1 is 1.27 bits per heavy atom. The quantitative estimate of drug-likeness (QED) is 0.896. The van der Waals surface area contributed by atoms with E-state index in [0.717, 1.165) is 6.42 Å². The summed E-state index contributed by atoms with van der Waals surface area (Å²) in [7, 11) is 0. The van der Waals surface area contributed by atoms with Crippen molar-refractivity contribution in [3.05, 3.63) is 35.6 Å². The van der Waals surface area contributed by atoms with Gasteiger partial charge in [-0.1, -0.05) is 18.2 Å². The van der Waals surface area contributed by atoms with Gasteiger partial charge in [0, 0.05) is 37.8 Å². The third-order valence-corrected chi connectivity index (χ3v) is 4.38. The number of hydrogen-bond donors (Lipinski definition) is 1. The highest BCUT2D eigenvalue weighted by atomic mass is 19.1. The van der Waals surface area contributed by atoms with E-state index in [4.69, 9.17) is 10.5 Å². The number of benzene rings is 1. The second kappa shape index (κ2) is 6.73. The molecule has 2 heterocycles. The van der Waals surface area contributed by atoms with E-state index in [0.29, 0.717) is 45.0 Å². The van der Waals surface area contributed by atoms with Crippen LogP contribution in [0.25, 0.3) is 0 Å². The molecule has 2 saturated heterocycles. The van der Waals surface area contributed by atoms with Crippen LogP contribution in [0.1, 0.15) is 18.0 Å². The summed E-state index contributed by atoms with van der Waals surface area (Å²) in [6, 6.07) is 5.96. The fourth-order valence-electron chi connectivity index (χ4n) is 3.18. The summed E-state index contributed by atoms with van der Waals surface area (Å²) in [5, 5.41) is 0. The number of nitrogens with zero attached hydrogens (tertiary/aromatic N) is 2. The Hall–Kier alpha value is -1.50. The molecule has 2 atom stereocenters. The van der Waals surface area contributed by atoms with E-state index >= 15 is 0 Å². The molecule has 120 valence electrons. The van der Waals surface area contributed by atoms with E-state index in [1.165, 1.54) is 6.07 Å². The summed E-state index contributed by atoms with van der Waals surface area (Å²) < 4.78 is 19.6. The summed E-state index contributed by atoms with van der Waals surface area (Å²) in [6.45, 7) is 3.59. The van der Waals surface area contributed by atoms with Gasteiger partial charge in [-0.15, -0.1) is 0 Å². The van der Waals surface area contributed by atoms with Gasteiger partial charge >= 0.3 is 0 Å². The highest BCUT2D eigenvalue weighted by molar-refractivity contribution is 5.83. The Balaban J connectivity index is 1.88. The van der Waals surface area contributed by atoms with Gasteiger partial charge < -0.3 is 15.4 Å². The minimum absolute atomic E-state index is 0.0231. The van der Waals surface area contributed by atoms with Crippen LogP contribution < -0.4 is 5.73 Å². The molecule has 0 spiro atoms. The molecule has 0 saturated carbocycles. The molecule has 0 aromatic heterocycles. The lowest BCUT2D eigenvalue weighted by Gasteiger charge is -2.36. The Kier molecular flexibility index (Phi) is 4.71. The highest BCUT2D eigenvalue weighted by Crippen LogP contribution is 2.27. The number of rotatable bonds is 3. The van der Waals surface area contributed by atoms with E-state index in [2.05, 4.69) is 0 Å². The Labute approximate surface area is 129 Å². The van der Waals surface area contributed by atoms with Crippen molar-refractivity contribution in [2.45, 2.75) is 18.5 Å². The van der Waals surface area contributed by atoms with E-state index in [-0.39, 0.29) is 17.8 Å². The number of ether oxygens (including phenoxy) is 1. The summed E-state index contributed by atoms with van der Waals surface area (Å²) in [5.74, 6) is -0.393. The van der Waals surface area contributed by atoms with Gasteiger partial charge in [-0.05, 0) is 12.5 Å². The molecule has 2 N–H and O–H groups in total. The molecule has 1 amide bonds. The van der Waals surface area contributed by atoms with Crippen LogP contribution in [0.15, 0.2) is 24.3 Å². The molecule has 5 nitrogen and oxygen atoms in total. The topological polar surface area (TPSA) is 58.8 Å². The fourth-order valence-corrected chi connectivity index (χ4v) is 3.18. The van der Waals surface area contributed by atoms with Crippen LogP contribution in [-0.4, -0.2) is 61.1 Å². The van der Waals surface area contributed by atoms with Crippen LogP contribution >= 0.6 is 0 Å². The van der Waals surface area contributed by atoms with Gasteiger partial charge in [-0.3, -0.25) is 9.69 Å². The molecule has 2 fully saturated rings. The number of amides is 1. The minimum atomic E-state index is -0.588. The first-order valence-electron chi connectivity index (χ1n) is 7.77. The third-order valence-electron chi connectivity index (χ3n) is 4.38. The van der Waals surface area contributed by atoms with E-state index in [1.54, 1.807) is 23.1 Å². The van der Waals surface area contributed by atoms with Crippen LogP contribution in [0.3, 0.4) is 0 Å². The molecule has 0 bridgehead atoms. The molecular formula is C16H22FN3O2. The summed E-state index contributed by atoms with van der Waals surface area (Å²) in [6.07, 6.45) is 0.804. The van der Waals surface area contributed by atoms with Crippen LogP contribution in [0.5, 0.6) is 0 Å². The molecule has 1 aromatic rings. The van der Waals surface area contributed by atoms with Gasteiger partial charge in [0.25, 0.3) is 0 Å². The molecule has 0 aliphatic carbocycles. The van der Waals surface area contributed by atoms with Crippen molar-refractivity contribution in [3.8, 4) is 0 Å². The molecule has 0 radical (unpaired) electrons. The maximum Gasteiger partial charge on any atom is 0.244 e. The van der Waals surface area contributed by atoms with Gasteiger partial charge in [0.15, 0.2) is 0 Å². The van der Waals surface area contributed by atoms with Gasteiger partial charge in [-0.25, -0.2) is 4.39 Å². The summed E-state index contributed by atoms with van der Waals surface area (Å²) in [5.41, 5.74) is 6.35. The first kappa shape index (κ1) is 15.4.